The number of hydrogen-bond acceptors (Lipinski definition) is 2. The van der Waals surface area contributed by atoms with E-state index in [4.69, 9.17) is 11.6 Å². The largest absolute Gasteiger partial charge is 0.326 e. The second kappa shape index (κ2) is 8.50. The van der Waals surface area contributed by atoms with Gasteiger partial charge in [0.15, 0.2) is 0 Å². The highest BCUT2D eigenvalue weighted by atomic mass is 35.5. The Hall–Kier alpha value is -2.46. The molecule has 150 valence electrons. The minimum Gasteiger partial charge on any atom is -0.326 e. The van der Waals surface area contributed by atoms with Crippen molar-refractivity contribution in [3.05, 3.63) is 71.1 Å². The van der Waals surface area contributed by atoms with E-state index in [9.17, 15) is 9.18 Å². The molecule has 0 aliphatic heterocycles. The van der Waals surface area contributed by atoms with Gasteiger partial charge >= 0.3 is 0 Å². The molecule has 1 aliphatic rings. The van der Waals surface area contributed by atoms with Crippen molar-refractivity contribution < 1.29 is 9.18 Å². The van der Waals surface area contributed by atoms with E-state index in [-0.39, 0.29) is 17.6 Å². The van der Waals surface area contributed by atoms with E-state index in [0.29, 0.717) is 16.9 Å². The van der Waals surface area contributed by atoms with E-state index in [1.54, 1.807) is 24.3 Å². The predicted molar refractivity (Wildman–Crippen MR) is 116 cm³/mol. The van der Waals surface area contributed by atoms with Crippen LogP contribution in [0, 0.1) is 17.7 Å². The molecule has 4 rings (SSSR count). The molecule has 0 radical (unpaired) electrons. The van der Waals surface area contributed by atoms with Crippen molar-refractivity contribution in [2.24, 2.45) is 11.8 Å². The van der Waals surface area contributed by atoms with Crippen LogP contribution in [0.3, 0.4) is 0 Å². The maximum Gasteiger partial charge on any atom is 0.227 e. The molecule has 0 saturated heterocycles. The third-order valence-electron chi connectivity index (χ3n) is 6.18. The topological polar surface area (TPSA) is 42.0 Å². The van der Waals surface area contributed by atoms with Crippen LogP contribution in [-0.2, 0) is 4.79 Å². The second-order valence-corrected chi connectivity index (χ2v) is 8.39. The van der Waals surface area contributed by atoms with Crippen molar-refractivity contribution in [1.29, 1.82) is 0 Å². The number of aromatic nitrogens is 1. The number of pyridine rings is 1. The van der Waals surface area contributed by atoms with Crippen molar-refractivity contribution in [3.8, 4) is 0 Å². The summed E-state index contributed by atoms with van der Waals surface area (Å²) in [5.41, 5.74) is 2.78. The molecule has 1 N–H and O–H groups in total. The Morgan fingerprint density at radius 1 is 1.10 bits per heavy atom. The third kappa shape index (κ3) is 4.43. The van der Waals surface area contributed by atoms with Crippen molar-refractivity contribution in [3.63, 3.8) is 0 Å². The van der Waals surface area contributed by atoms with Crippen LogP contribution in [0.15, 0.2) is 54.7 Å². The first-order valence-electron chi connectivity index (χ1n) is 10.1. The van der Waals surface area contributed by atoms with Gasteiger partial charge in [-0.1, -0.05) is 18.5 Å². The molecule has 1 saturated carbocycles. The molecule has 0 bridgehead atoms. The number of rotatable bonds is 4. The molecule has 1 fully saturated rings. The zero-order chi connectivity index (χ0) is 20.4. The van der Waals surface area contributed by atoms with Gasteiger partial charge in [-0.25, -0.2) is 4.39 Å². The van der Waals surface area contributed by atoms with Gasteiger partial charge in [0.05, 0.1) is 5.52 Å². The van der Waals surface area contributed by atoms with Crippen molar-refractivity contribution >= 4 is 34.1 Å². The molecule has 1 amide bonds. The lowest BCUT2D eigenvalue weighted by Crippen LogP contribution is -2.29. The van der Waals surface area contributed by atoms with Gasteiger partial charge in [0.2, 0.25) is 5.91 Å². The molecule has 5 heteroatoms. The zero-order valence-corrected chi connectivity index (χ0v) is 17.1. The molecule has 1 aromatic heterocycles. The van der Waals surface area contributed by atoms with Gasteiger partial charge in [0.25, 0.3) is 0 Å². The predicted octanol–water partition coefficient (Wildman–Crippen LogP) is 6.58. The molecule has 1 atom stereocenters. The summed E-state index contributed by atoms with van der Waals surface area (Å²) in [6.45, 7) is 2.01. The quantitative estimate of drug-likeness (QED) is 0.528. The van der Waals surface area contributed by atoms with Crippen LogP contribution in [0.4, 0.5) is 10.1 Å². The number of fused-ring (bicyclic) bond motifs is 1. The summed E-state index contributed by atoms with van der Waals surface area (Å²) in [4.78, 5) is 17.0. The van der Waals surface area contributed by atoms with E-state index in [1.807, 2.05) is 31.3 Å². The lowest BCUT2D eigenvalue weighted by atomic mass is 9.73. The van der Waals surface area contributed by atoms with Crippen LogP contribution in [0.25, 0.3) is 10.9 Å². The van der Waals surface area contributed by atoms with E-state index in [0.717, 1.165) is 42.3 Å². The Kier molecular flexibility index (Phi) is 5.81. The van der Waals surface area contributed by atoms with E-state index >= 15 is 0 Å². The molecule has 2 aromatic carbocycles. The first-order valence-corrected chi connectivity index (χ1v) is 10.5. The minimum absolute atomic E-state index is 0.0483. The summed E-state index contributed by atoms with van der Waals surface area (Å²) >= 11 is 5.90. The third-order valence-corrected chi connectivity index (χ3v) is 6.43. The molecule has 0 unspecified atom stereocenters. The summed E-state index contributed by atoms with van der Waals surface area (Å²) in [5, 5.41) is 4.55. The number of amides is 1. The molecule has 29 heavy (non-hydrogen) atoms. The number of carbonyl (C=O) groups is 1. The van der Waals surface area contributed by atoms with Gasteiger partial charge in [-0.3, -0.25) is 9.78 Å². The van der Waals surface area contributed by atoms with Crippen LogP contribution in [-0.4, -0.2) is 10.9 Å². The second-order valence-electron chi connectivity index (χ2n) is 7.96. The Balaban J connectivity index is 1.41. The van der Waals surface area contributed by atoms with E-state index < -0.39 is 0 Å². The molecule has 1 heterocycles. The van der Waals surface area contributed by atoms with Gasteiger partial charge in [0, 0.05) is 28.2 Å². The van der Waals surface area contributed by atoms with Gasteiger partial charge in [-0.2, -0.15) is 0 Å². The molecular formula is C24H24ClFN2O. The highest BCUT2D eigenvalue weighted by Crippen LogP contribution is 2.41. The average Bonchev–Trinajstić information content (AvgIpc) is 2.74. The number of anilines is 1. The number of benzene rings is 2. The number of nitrogens with one attached hydrogen (secondary N) is 1. The standard InChI is InChI=1S/C24H24ClFN2O/c1-15(24(29)28-20-9-6-18(25)7-10-20)16-2-4-17(5-3-16)21-12-13-27-23-11-8-19(26)14-22(21)23/h6-17H,2-5H2,1H3,(H,28,29)/t15-,16-,17+/m0/s1. The number of halogens is 2. The Labute approximate surface area is 175 Å². The van der Waals surface area contributed by atoms with Gasteiger partial charge in [0.1, 0.15) is 5.82 Å². The minimum atomic E-state index is -0.229. The maximum atomic E-state index is 13.8. The van der Waals surface area contributed by atoms with Crippen LogP contribution in [0.2, 0.25) is 5.02 Å². The Bertz CT molecular complexity index is 1010. The number of carbonyl (C=O) groups excluding carboxylic acids is 1. The lowest BCUT2D eigenvalue weighted by molar-refractivity contribution is -0.121. The molecular weight excluding hydrogens is 387 g/mol. The van der Waals surface area contributed by atoms with E-state index in [1.165, 1.54) is 11.6 Å². The number of hydrogen-bond donors (Lipinski definition) is 1. The van der Waals surface area contributed by atoms with Crippen LogP contribution < -0.4 is 5.32 Å². The zero-order valence-electron chi connectivity index (χ0n) is 16.4. The summed E-state index contributed by atoms with van der Waals surface area (Å²) < 4.78 is 13.8. The normalized spacial score (nSPS) is 20.4. The fourth-order valence-electron chi connectivity index (χ4n) is 4.43. The van der Waals surface area contributed by atoms with Crippen molar-refractivity contribution in [2.75, 3.05) is 5.32 Å². The lowest BCUT2D eigenvalue weighted by Gasteiger charge is -2.32. The van der Waals surface area contributed by atoms with Gasteiger partial charge in [-0.15, -0.1) is 0 Å². The summed E-state index contributed by atoms with van der Waals surface area (Å²) in [6, 6.07) is 14.0. The monoisotopic (exact) mass is 410 g/mol. The fraction of sp³-hybridized carbons (Fsp3) is 0.333. The first kappa shape index (κ1) is 19.8. The summed E-state index contributed by atoms with van der Waals surface area (Å²) in [7, 11) is 0. The molecule has 1 aliphatic carbocycles. The van der Waals surface area contributed by atoms with E-state index in [2.05, 4.69) is 10.3 Å². The van der Waals surface area contributed by atoms with Crippen LogP contribution >= 0.6 is 11.6 Å². The Morgan fingerprint density at radius 3 is 2.55 bits per heavy atom. The SMILES string of the molecule is C[C@H](C(=O)Nc1ccc(Cl)cc1)[C@H]1CC[C@@H](c2ccnc3ccc(F)cc32)CC1. The maximum absolute atomic E-state index is 13.8. The van der Waals surface area contributed by atoms with Gasteiger partial charge in [-0.05, 0) is 91.6 Å². The molecule has 0 spiro atoms. The average molecular weight is 411 g/mol. The summed E-state index contributed by atoms with van der Waals surface area (Å²) in [6.07, 6.45) is 5.78. The molecule has 3 nitrogen and oxygen atoms in total. The smallest absolute Gasteiger partial charge is 0.227 e. The number of nitrogens with zero attached hydrogens (tertiary/aromatic N) is 1. The summed E-state index contributed by atoms with van der Waals surface area (Å²) in [5.74, 6) is 0.492. The molecule has 3 aromatic rings. The first-order chi connectivity index (χ1) is 14.0. The highest BCUT2D eigenvalue weighted by Gasteiger charge is 2.30. The Morgan fingerprint density at radius 2 is 1.83 bits per heavy atom. The highest BCUT2D eigenvalue weighted by molar-refractivity contribution is 6.30. The van der Waals surface area contributed by atoms with Crippen LogP contribution in [0.1, 0.15) is 44.1 Å². The fourth-order valence-corrected chi connectivity index (χ4v) is 4.56. The van der Waals surface area contributed by atoms with Crippen molar-refractivity contribution in [1.82, 2.24) is 4.98 Å². The van der Waals surface area contributed by atoms with Crippen LogP contribution in [0.5, 0.6) is 0 Å². The van der Waals surface area contributed by atoms with Crippen molar-refractivity contribution in [2.45, 2.75) is 38.5 Å². The van der Waals surface area contributed by atoms with Gasteiger partial charge < -0.3 is 5.32 Å².